The number of nitrogens with one attached hydrogen (secondary N) is 2. The van der Waals surface area contributed by atoms with Crippen molar-refractivity contribution < 1.29 is 4.74 Å². The Labute approximate surface area is 76.6 Å². The van der Waals surface area contributed by atoms with Gasteiger partial charge in [-0.15, -0.1) is 0 Å². The van der Waals surface area contributed by atoms with E-state index in [1.54, 1.807) is 24.3 Å². The topological polar surface area (TPSA) is 69.3 Å². The van der Waals surface area contributed by atoms with Gasteiger partial charge in [0.15, 0.2) is 0 Å². The zero-order valence-electron chi connectivity index (χ0n) is 7.37. The van der Waals surface area contributed by atoms with Crippen molar-refractivity contribution in [3.05, 3.63) is 29.8 Å². The number of rotatable bonds is 3. The second kappa shape index (κ2) is 4.35. The van der Waals surface area contributed by atoms with Gasteiger partial charge in [-0.3, -0.25) is 5.41 Å². The third-order valence-electron chi connectivity index (χ3n) is 1.56. The minimum absolute atomic E-state index is 0.0640. The van der Waals surface area contributed by atoms with Gasteiger partial charge in [-0.05, 0) is 19.1 Å². The minimum Gasteiger partial charge on any atom is -0.478 e. The van der Waals surface area contributed by atoms with E-state index in [2.05, 4.69) is 5.11 Å². The lowest BCUT2D eigenvalue weighted by molar-refractivity contribution is 0.326. The first-order chi connectivity index (χ1) is 6.29. The minimum atomic E-state index is 0.0640. The number of nitrogens with zero attached hydrogens (tertiary/aromatic N) is 1. The fourth-order valence-electron chi connectivity index (χ4n) is 0.985. The Kier molecular flexibility index (Phi) is 3.14. The van der Waals surface area contributed by atoms with E-state index < -0.39 is 0 Å². The van der Waals surface area contributed by atoms with Crippen LogP contribution in [0.5, 0.6) is 0 Å². The second-order valence-corrected chi connectivity index (χ2v) is 2.39. The van der Waals surface area contributed by atoms with Crippen molar-refractivity contribution in [2.75, 3.05) is 6.61 Å². The summed E-state index contributed by atoms with van der Waals surface area (Å²) >= 11 is 0. The molecule has 1 aromatic carbocycles. The third kappa shape index (κ3) is 2.11. The van der Waals surface area contributed by atoms with E-state index in [0.29, 0.717) is 17.9 Å². The Morgan fingerprint density at radius 1 is 1.46 bits per heavy atom. The Morgan fingerprint density at radius 2 is 2.15 bits per heavy atom. The highest BCUT2D eigenvalue weighted by atomic mass is 16.5. The molecule has 0 aliphatic rings. The highest BCUT2D eigenvalue weighted by molar-refractivity contribution is 5.96. The van der Waals surface area contributed by atoms with Gasteiger partial charge in [-0.2, -0.15) is 5.11 Å². The second-order valence-electron chi connectivity index (χ2n) is 2.39. The molecule has 4 nitrogen and oxygen atoms in total. The van der Waals surface area contributed by atoms with E-state index in [0.717, 1.165) is 0 Å². The van der Waals surface area contributed by atoms with Crippen molar-refractivity contribution in [1.82, 2.24) is 0 Å². The predicted molar refractivity (Wildman–Crippen MR) is 49.7 cm³/mol. The molecule has 68 valence electrons. The van der Waals surface area contributed by atoms with E-state index in [4.69, 9.17) is 15.7 Å². The van der Waals surface area contributed by atoms with Gasteiger partial charge in [0.2, 0.25) is 5.90 Å². The molecular formula is C9H11N3O. The highest BCUT2D eigenvalue weighted by Gasteiger charge is 2.06. The van der Waals surface area contributed by atoms with E-state index in [1.807, 2.05) is 6.92 Å². The van der Waals surface area contributed by atoms with Crippen LogP contribution < -0.4 is 0 Å². The quantitative estimate of drug-likeness (QED) is 0.416. The number of ether oxygens (including phenoxy) is 1. The average molecular weight is 177 g/mol. The van der Waals surface area contributed by atoms with Crippen molar-refractivity contribution >= 4 is 11.6 Å². The molecule has 0 saturated carbocycles. The van der Waals surface area contributed by atoms with Crippen LogP contribution in [0.2, 0.25) is 0 Å². The molecule has 0 aliphatic carbocycles. The molecule has 0 atom stereocenters. The fourth-order valence-corrected chi connectivity index (χ4v) is 0.985. The summed E-state index contributed by atoms with van der Waals surface area (Å²) in [4.78, 5) is 0. The van der Waals surface area contributed by atoms with Crippen LogP contribution in [0.4, 0.5) is 5.69 Å². The molecule has 1 rings (SSSR count). The van der Waals surface area contributed by atoms with Crippen LogP contribution in [0.15, 0.2) is 29.4 Å². The van der Waals surface area contributed by atoms with Gasteiger partial charge in [0, 0.05) is 0 Å². The van der Waals surface area contributed by atoms with E-state index >= 15 is 0 Å². The maximum absolute atomic E-state index is 7.51. The smallest absolute Gasteiger partial charge is 0.215 e. The van der Waals surface area contributed by atoms with Crippen molar-refractivity contribution in [3.63, 3.8) is 0 Å². The first-order valence-corrected chi connectivity index (χ1v) is 3.97. The SMILES string of the molecule is CCOC(=N)c1ccccc1N=N. The lowest BCUT2D eigenvalue weighted by Crippen LogP contribution is -2.04. The molecule has 1 aromatic rings. The summed E-state index contributed by atoms with van der Waals surface area (Å²) in [7, 11) is 0. The molecular weight excluding hydrogens is 166 g/mol. The zero-order valence-corrected chi connectivity index (χ0v) is 7.37. The van der Waals surface area contributed by atoms with Gasteiger partial charge in [0.25, 0.3) is 0 Å². The van der Waals surface area contributed by atoms with Crippen molar-refractivity contribution in [2.24, 2.45) is 5.11 Å². The molecule has 0 saturated heterocycles. The summed E-state index contributed by atoms with van der Waals surface area (Å²) in [6.45, 7) is 2.26. The average Bonchev–Trinajstić information content (AvgIpc) is 2.18. The summed E-state index contributed by atoms with van der Waals surface area (Å²) in [5, 5.41) is 10.8. The van der Waals surface area contributed by atoms with Gasteiger partial charge in [0.1, 0.15) is 0 Å². The van der Waals surface area contributed by atoms with E-state index in [9.17, 15) is 0 Å². The zero-order chi connectivity index (χ0) is 9.68. The fraction of sp³-hybridized carbons (Fsp3) is 0.222. The molecule has 0 amide bonds. The molecule has 2 N–H and O–H groups in total. The lowest BCUT2D eigenvalue weighted by atomic mass is 10.2. The van der Waals surface area contributed by atoms with Gasteiger partial charge in [-0.25, -0.2) is 5.53 Å². The van der Waals surface area contributed by atoms with Gasteiger partial charge in [0.05, 0.1) is 17.9 Å². The largest absolute Gasteiger partial charge is 0.478 e. The van der Waals surface area contributed by atoms with Crippen LogP contribution in [-0.4, -0.2) is 12.5 Å². The number of hydrogen-bond donors (Lipinski definition) is 2. The van der Waals surface area contributed by atoms with Gasteiger partial charge in [-0.1, -0.05) is 12.1 Å². The number of hydrogen-bond acceptors (Lipinski definition) is 4. The molecule has 0 unspecified atom stereocenters. The van der Waals surface area contributed by atoms with Crippen molar-refractivity contribution in [3.8, 4) is 0 Å². The first kappa shape index (κ1) is 9.38. The van der Waals surface area contributed by atoms with E-state index in [-0.39, 0.29) is 5.90 Å². The van der Waals surface area contributed by atoms with Crippen molar-refractivity contribution in [2.45, 2.75) is 6.92 Å². The van der Waals surface area contributed by atoms with Crippen LogP contribution in [0, 0.1) is 10.9 Å². The summed E-state index contributed by atoms with van der Waals surface area (Å²) in [5.74, 6) is 0.0640. The molecule has 0 spiro atoms. The molecule has 0 aromatic heterocycles. The number of benzene rings is 1. The van der Waals surface area contributed by atoms with Gasteiger partial charge >= 0.3 is 0 Å². The van der Waals surface area contributed by atoms with Crippen LogP contribution in [0.1, 0.15) is 12.5 Å². The van der Waals surface area contributed by atoms with E-state index in [1.165, 1.54) is 0 Å². The highest BCUT2D eigenvalue weighted by Crippen LogP contribution is 2.18. The van der Waals surface area contributed by atoms with Crippen LogP contribution in [0.25, 0.3) is 0 Å². The van der Waals surface area contributed by atoms with Crippen molar-refractivity contribution in [1.29, 1.82) is 10.9 Å². The maximum Gasteiger partial charge on any atom is 0.215 e. The maximum atomic E-state index is 7.51. The Balaban J connectivity index is 2.98. The van der Waals surface area contributed by atoms with Crippen LogP contribution in [-0.2, 0) is 4.74 Å². The standard InChI is InChI=1S/C9H11N3O/c1-2-13-9(10)7-5-3-4-6-8(7)12-11/h3-6,10-11H,2H2,1H3. The Morgan fingerprint density at radius 3 is 2.77 bits per heavy atom. The molecule has 13 heavy (non-hydrogen) atoms. The van der Waals surface area contributed by atoms with Crippen LogP contribution in [0.3, 0.4) is 0 Å². The Bertz CT molecular complexity index is 322. The van der Waals surface area contributed by atoms with Crippen LogP contribution >= 0.6 is 0 Å². The molecule has 0 heterocycles. The lowest BCUT2D eigenvalue weighted by Gasteiger charge is -2.05. The molecule has 0 radical (unpaired) electrons. The molecule has 4 heteroatoms. The number of para-hydroxylation sites is 1. The molecule has 0 bridgehead atoms. The normalized spacial score (nSPS) is 9.31. The third-order valence-corrected chi connectivity index (χ3v) is 1.56. The summed E-state index contributed by atoms with van der Waals surface area (Å²) in [6.07, 6.45) is 0. The molecule has 0 aliphatic heterocycles. The summed E-state index contributed by atoms with van der Waals surface area (Å²) in [6, 6.07) is 6.95. The van der Waals surface area contributed by atoms with Gasteiger partial charge < -0.3 is 4.74 Å². The predicted octanol–water partition coefficient (Wildman–Crippen LogP) is 2.71. The summed E-state index contributed by atoms with van der Waals surface area (Å²) < 4.78 is 5.01. The molecule has 0 fully saturated rings. The Hall–Kier alpha value is -1.71. The summed E-state index contributed by atoms with van der Waals surface area (Å²) in [5.41, 5.74) is 7.90. The first-order valence-electron chi connectivity index (χ1n) is 3.97. The monoisotopic (exact) mass is 177 g/mol.